The van der Waals surface area contributed by atoms with Gasteiger partial charge in [0.15, 0.2) is 0 Å². The van der Waals surface area contributed by atoms with Crippen LogP contribution in [0.3, 0.4) is 0 Å². The van der Waals surface area contributed by atoms with Crippen LogP contribution in [0.15, 0.2) is 30.3 Å². The summed E-state index contributed by atoms with van der Waals surface area (Å²) in [4.78, 5) is 19.4. The maximum Gasteiger partial charge on any atom is 0.376 e. The number of carbonyl (C=O) groups excluding carboxylic acids is 1. The summed E-state index contributed by atoms with van der Waals surface area (Å²) in [5.41, 5.74) is 0.635. The standard InChI is InChI=1S/C13H11IN2O3/c1-8-7-11(16-12(15-8)13(17)18-2)19-10-5-3-9(14)4-6-10/h3-7H,1-2H3. The van der Waals surface area contributed by atoms with Gasteiger partial charge in [-0.15, -0.1) is 0 Å². The van der Waals surface area contributed by atoms with E-state index in [-0.39, 0.29) is 5.82 Å². The Morgan fingerprint density at radius 1 is 1.21 bits per heavy atom. The van der Waals surface area contributed by atoms with E-state index < -0.39 is 5.97 Å². The number of rotatable bonds is 3. The number of aromatic nitrogens is 2. The molecule has 0 fully saturated rings. The van der Waals surface area contributed by atoms with E-state index in [2.05, 4.69) is 37.3 Å². The summed E-state index contributed by atoms with van der Waals surface area (Å²) in [6.45, 7) is 1.76. The Bertz CT molecular complexity index is 599. The van der Waals surface area contributed by atoms with Crippen LogP contribution in [0.4, 0.5) is 0 Å². The highest BCUT2D eigenvalue weighted by molar-refractivity contribution is 14.1. The zero-order valence-corrected chi connectivity index (χ0v) is 12.5. The highest BCUT2D eigenvalue weighted by Gasteiger charge is 2.12. The molecule has 0 unspecified atom stereocenters. The predicted octanol–water partition coefficient (Wildman–Crippen LogP) is 2.97. The molecule has 0 saturated heterocycles. The first-order valence-corrected chi connectivity index (χ1v) is 6.54. The molecule has 2 aromatic rings. The van der Waals surface area contributed by atoms with Crippen LogP contribution in [0, 0.1) is 10.5 Å². The van der Waals surface area contributed by atoms with Gasteiger partial charge in [0.1, 0.15) is 5.75 Å². The summed E-state index contributed by atoms with van der Waals surface area (Å²) in [5, 5.41) is 0. The Balaban J connectivity index is 2.27. The number of hydrogen-bond donors (Lipinski definition) is 0. The Morgan fingerprint density at radius 3 is 2.53 bits per heavy atom. The van der Waals surface area contributed by atoms with Crippen LogP contribution in [0.25, 0.3) is 0 Å². The lowest BCUT2D eigenvalue weighted by atomic mass is 10.3. The lowest BCUT2D eigenvalue weighted by Crippen LogP contribution is -2.09. The fraction of sp³-hybridized carbons (Fsp3) is 0.154. The van der Waals surface area contributed by atoms with Crippen molar-refractivity contribution in [1.29, 1.82) is 0 Å². The van der Waals surface area contributed by atoms with E-state index in [4.69, 9.17) is 4.74 Å². The maximum absolute atomic E-state index is 11.4. The number of esters is 1. The lowest BCUT2D eigenvalue weighted by Gasteiger charge is -2.06. The van der Waals surface area contributed by atoms with Crippen molar-refractivity contribution in [2.75, 3.05) is 7.11 Å². The molecular formula is C13H11IN2O3. The molecule has 2 rings (SSSR count). The normalized spacial score (nSPS) is 10.1. The first-order chi connectivity index (χ1) is 9.08. The lowest BCUT2D eigenvalue weighted by molar-refractivity contribution is 0.0585. The molecule has 0 aliphatic carbocycles. The van der Waals surface area contributed by atoms with Gasteiger partial charge in [-0.1, -0.05) is 0 Å². The van der Waals surface area contributed by atoms with Gasteiger partial charge < -0.3 is 9.47 Å². The van der Waals surface area contributed by atoms with Crippen LogP contribution in [0.1, 0.15) is 16.3 Å². The maximum atomic E-state index is 11.4. The monoisotopic (exact) mass is 370 g/mol. The van der Waals surface area contributed by atoms with Gasteiger partial charge in [-0.3, -0.25) is 0 Å². The molecule has 0 N–H and O–H groups in total. The fourth-order valence-corrected chi connectivity index (χ4v) is 1.76. The topological polar surface area (TPSA) is 61.3 Å². The minimum atomic E-state index is -0.587. The highest BCUT2D eigenvalue weighted by Crippen LogP contribution is 2.21. The van der Waals surface area contributed by atoms with E-state index in [1.54, 1.807) is 13.0 Å². The van der Waals surface area contributed by atoms with Crippen molar-refractivity contribution < 1.29 is 14.3 Å². The van der Waals surface area contributed by atoms with E-state index in [9.17, 15) is 4.79 Å². The first-order valence-electron chi connectivity index (χ1n) is 5.46. The molecule has 19 heavy (non-hydrogen) atoms. The molecule has 1 heterocycles. The van der Waals surface area contributed by atoms with Gasteiger partial charge >= 0.3 is 5.97 Å². The molecule has 0 saturated carbocycles. The largest absolute Gasteiger partial charge is 0.463 e. The SMILES string of the molecule is COC(=O)c1nc(C)cc(Oc2ccc(I)cc2)n1. The smallest absolute Gasteiger partial charge is 0.376 e. The third kappa shape index (κ3) is 3.63. The Morgan fingerprint density at radius 2 is 1.89 bits per heavy atom. The van der Waals surface area contributed by atoms with E-state index in [1.807, 2.05) is 24.3 Å². The first kappa shape index (κ1) is 13.7. The molecule has 0 amide bonds. The number of carbonyl (C=O) groups is 1. The number of methoxy groups -OCH3 is 1. The molecule has 0 spiro atoms. The summed E-state index contributed by atoms with van der Waals surface area (Å²) in [6, 6.07) is 9.16. The van der Waals surface area contributed by atoms with Crippen molar-refractivity contribution in [3.8, 4) is 11.6 Å². The number of halogens is 1. The number of aryl methyl sites for hydroxylation is 1. The molecule has 1 aromatic carbocycles. The van der Waals surface area contributed by atoms with E-state index in [0.29, 0.717) is 17.3 Å². The summed E-state index contributed by atoms with van der Waals surface area (Å²) in [6.07, 6.45) is 0. The molecular weight excluding hydrogens is 359 g/mol. The van der Waals surface area contributed by atoms with Gasteiger partial charge in [-0.2, -0.15) is 4.98 Å². The van der Waals surface area contributed by atoms with Gasteiger partial charge in [-0.25, -0.2) is 9.78 Å². The Hall–Kier alpha value is -1.70. The van der Waals surface area contributed by atoms with Crippen LogP contribution < -0.4 is 4.74 Å². The second-order valence-corrected chi connectivity index (χ2v) is 4.96. The number of ether oxygens (including phenoxy) is 2. The van der Waals surface area contributed by atoms with E-state index in [1.165, 1.54) is 7.11 Å². The summed E-state index contributed by atoms with van der Waals surface area (Å²) in [5.74, 6) is 0.364. The van der Waals surface area contributed by atoms with Crippen LogP contribution in [0.2, 0.25) is 0 Å². The van der Waals surface area contributed by atoms with Gasteiger partial charge in [0, 0.05) is 15.3 Å². The summed E-state index contributed by atoms with van der Waals surface area (Å²) >= 11 is 2.21. The molecule has 0 aliphatic heterocycles. The van der Waals surface area contributed by atoms with Gasteiger partial charge in [-0.05, 0) is 53.8 Å². The van der Waals surface area contributed by atoms with Gasteiger partial charge in [0.25, 0.3) is 0 Å². The molecule has 0 aliphatic rings. The minimum absolute atomic E-state index is 0.0111. The molecule has 0 bridgehead atoms. The van der Waals surface area contributed by atoms with Gasteiger partial charge in [0.2, 0.25) is 11.7 Å². The van der Waals surface area contributed by atoms with Crippen molar-refractivity contribution in [3.63, 3.8) is 0 Å². The molecule has 0 atom stereocenters. The number of hydrogen-bond acceptors (Lipinski definition) is 5. The summed E-state index contributed by atoms with van der Waals surface area (Å²) < 4.78 is 11.3. The van der Waals surface area contributed by atoms with E-state index >= 15 is 0 Å². The van der Waals surface area contributed by atoms with Crippen molar-refractivity contribution in [1.82, 2.24) is 9.97 Å². The van der Waals surface area contributed by atoms with Crippen LogP contribution in [-0.4, -0.2) is 23.0 Å². The molecule has 5 nitrogen and oxygen atoms in total. The molecule has 1 aromatic heterocycles. The average molecular weight is 370 g/mol. The third-order valence-corrected chi connectivity index (χ3v) is 2.95. The quantitative estimate of drug-likeness (QED) is 0.614. The van der Waals surface area contributed by atoms with Crippen LogP contribution >= 0.6 is 22.6 Å². The zero-order chi connectivity index (χ0) is 13.8. The summed E-state index contributed by atoms with van der Waals surface area (Å²) in [7, 11) is 1.29. The van der Waals surface area contributed by atoms with Crippen molar-refractivity contribution in [2.45, 2.75) is 6.92 Å². The third-order valence-electron chi connectivity index (χ3n) is 2.23. The number of nitrogens with zero attached hydrogens (tertiary/aromatic N) is 2. The second kappa shape index (κ2) is 5.96. The van der Waals surface area contributed by atoms with Gasteiger partial charge in [0.05, 0.1) is 7.11 Å². The van der Waals surface area contributed by atoms with Crippen LogP contribution in [-0.2, 0) is 4.74 Å². The highest BCUT2D eigenvalue weighted by atomic mass is 127. The zero-order valence-electron chi connectivity index (χ0n) is 10.4. The minimum Gasteiger partial charge on any atom is -0.463 e. The van der Waals surface area contributed by atoms with Crippen molar-refractivity contribution in [3.05, 3.63) is 45.4 Å². The number of benzene rings is 1. The Kier molecular flexibility index (Phi) is 4.31. The molecule has 0 radical (unpaired) electrons. The van der Waals surface area contributed by atoms with E-state index in [0.717, 1.165) is 3.57 Å². The van der Waals surface area contributed by atoms with Crippen molar-refractivity contribution >= 4 is 28.6 Å². The fourth-order valence-electron chi connectivity index (χ4n) is 1.40. The van der Waals surface area contributed by atoms with Crippen molar-refractivity contribution in [2.24, 2.45) is 0 Å². The molecule has 6 heteroatoms. The molecule has 98 valence electrons. The second-order valence-electron chi connectivity index (χ2n) is 3.72. The predicted molar refractivity (Wildman–Crippen MR) is 77.3 cm³/mol. The average Bonchev–Trinajstić information content (AvgIpc) is 2.40. The van der Waals surface area contributed by atoms with Crippen LogP contribution in [0.5, 0.6) is 11.6 Å². The Labute approximate surface area is 124 Å².